The van der Waals surface area contributed by atoms with Gasteiger partial charge >= 0.3 is 0 Å². The Balaban J connectivity index is 1.45. The van der Waals surface area contributed by atoms with Gasteiger partial charge in [0, 0.05) is 21.5 Å². The van der Waals surface area contributed by atoms with Crippen LogP contribution in [-0.2, 0) is 5.75 Å². The maximum absolute atomic E-state index is 6.22. The summed E-state index contributed by atoms with van der Waals surface area (Å²) in [6.45, 7) is 0.814. The molecule has 4 aromatic rings. The van der Waals surface area contributed by atoms with Crippen LogP contribution in [0.15, 0.2) is 71.9 Å². The molecule has 5 rings (SSSR count). The Morgan fingerprint density at radius 3 is 2.40 bits per heavy atom. The molecule has 0 N–H and O–H groups in total. The number of ether oxygens (including phenoxy) is 1. The number of rotatable bonds is 7. The lowest BCUT2D eigenvalue weighted by Gasteiger charge is -2.11. The van der Waals surface area contributed by atoms with Crippen LogP contribution in [0.25, 0.3) is 16.7 Å². The van der Waals surface area contributed by atoms with Crippen molar-refractivity contribution in [1.29, 1.82) is 0 Å². The second-order valence-electron chi connectivity index (χ2n) is 7.53. The topological polar surface area (TPSA) is 27.1 Å². The van der Waals surface area contributed by atoms with Crippen molar-refractivity contribution in [3.8, 4) is 11.4 Å². The SMILES string of the molecule is Clc1ccc(CSc2nc3cc(Cl)ccc3n2-c2ccc(OCC3CC3)cc2)cc1. The highest BCUT2D eigenvalue weighted by Crippen LogP contribution is 2.33. The van der Waals surface area contributed by atoms with Gasteiger partial charge in [0.25, 0.3) is 0 Å². The van der Waals surface area contributed by atoms with E-state index in [0.29, 0.717) is 5.02 Å². The van der Waals surface area contributed by atoms with Crippen molar-refractivity contribution in [3.63, 3.8) is 0 Å². The van der Waals surface area contributed by atoms with Crippen molar-refractivity contribution >= 4 is 46.0 Å². The normalized spacial score (nSPS) is 13.7. The molecular formula is C24H20Cl2N2OS. The van der Waals surface area contributed by atoms with Gasteiger partial charge in [-0.2, -0.15) is 0 Å². The third kappa shape index (κ3) is 4.46. The molecule has 0 aliphatic heterocycles. The number of nitrogens with zero attached hydrogens (tertiary/aromatic N) is 2. The molecular weight excluding hydrogens is 435 g/mol. The Morgan fingerprint density at radius 1 is 0.933 bits per heavy atom. The number of imidazole rings is 1. The zero-order valence-corrected chi connectivity index (χ0v) is 18.6. The van der Waals surface area contributed by atoms with Crippen molar-refractivity contribution in [2.45, 2.75) is 23.8 Å². The molecule has 1 aliphatic carbocycles. The fourth-order valence-electron chi connectivity index (χ4n) is 3.30. The fraction of sp³-hybridized carbons (Fsp3) is 0.208. The molecule has 0 bridgehead atoms. The van der Waals surface area contributed by atoms with Gasteiger partial charge in [-0.3, -0.25) is 4.57 Å². The number of fused-ring (bicyclic) bond motifs is 1. The first-order valence-electron chi connectivity index (χ1n) is 9.94. The van der Waals surface area contributed by atoms with Gasteiger partial charge in [-0.05, 0) is 78.9 Å². The lowest BCUT2D eigenvalue weighted by molar-refractivity contribution is 0.300. The molecule has 0 atom stereocenters. The van der Waals surface area contributed by atoms with Gasteiger partial charge in [-0.25, -0.2) is 4.98 Å². The molecule has 0 spiro atoms. The molecule has 30 heavy (non-hydrogen) atoms. The van der Waals surface area contributed by atoms with Crippen LogP contribution in [0.4, 0.5) is 0 Å². The third-order valence-corrected chi connectivity index (χ3v) is 6.64. The summed E-state index contributed by atoms with van der Waals surface area (Å²) in [6.07, 6.45) is 2.58. The first kappa shape index (κ1) is 19.8. The fourth-order valence-corrected chi connectivity index (χ4v) is 4.57. The molecule has 1 saturated carbocycles. The molecule has 0 radical (unpaired) electrons. The van der Waals surface area contributed by atoms with Gasteiger partial charge in [0.05, 0.1) is 17.6 Å². The minimum Gasteiger partial charge on any atom is -0.493 e. The van der Waals surface area contributed by atoms with Crippen LogP contribution in [0.2, 0.25) is 10.0 Å². The largest absolute Gasteiger partial charge is 0.493 e. The lowest BCUT2D eigenvalue weighted by Crippen LogP contribution is -2.00. The van der Waals surface area contributed by atoms with E-state index in [2.05, 4.69) is 16.7 Å². The van der Waals surface area contributed by atoms with Gasteiger partial charge in [0.1, 0.15) is 5.75 Å². The molecule has 0 unspecified atom stereocenters. The van der Waals surface area contributed by atoms with E-state index in [0.717, 1.165) is 50.9 Å². The van der Waals surface area contributed by atoms with Crippen LogP contribution in [0, 0.1) is 5.92 Å². The maximum atomic E-state index is 6.22. The van der Waals surface area contributed by atoms with E-state index >= 15 is 0 Å². The Morgan fingerprint density at radius 2 is 1.67 bits per heavy atom. The van der Waals surface area contributed by atoms with Gasteiger partial charge in [-0.1, -0.05) is 47.1 Å². The maximum Gasteiger partial charge on any atom is 0.174 e. The predicted molar refractivity (Wildman–Crippen MR) is 125 cm³/mol. The summed E-state index contributed by atoms with van der Waals surface area (Å²) in [6, 6.07) is 22.0. The van der Waals surface area contributed by atoms with Crippen LogP contribution in [0.3, 0.4) is 0 Å². The number of thioether (sulfide) groups is 1. The smallest absolute Gasteiger partial charge is 0.174 e. The number of benzene rings is 3. The first-order chi connectivity index (χ1) is 14.7. The highest BCUT2D eigenvalue weighted by atomic mass is 35.5. The number of halogens is 2. The van der Waals surface area contributed by atoms with E-state index in [1.165, 1.54) is 18.4 Å². The summed E-state index contributed by atoms with van der Waals surface area (Å²) in [7, 11) is 0. The monoisotopic (exact) mass is 454 g/mol. The summed E-state index contributed by atoms with van der Waals surface area (Å²) in [5, 5.41) is 2.36. The molecule has 0 saturated heterocycles. The van der Waals surface area contributed by atoms with E-state index in [9.17, 15) is 0 Å². The zero-order valence-electron chi connectivity index (χ0n) is 16.2. The third-order valence-electron chi connectivity index (χ3n) is 5.14. The molecule has 1 aromatic heterocycles. The summed E-state index contributed by atoms with van der Waals surface area (Å²) in [5.74, 6) is 2.45. The van der Waals surface area contributed by atoms with Crippen LogP contribution in [-0.4, -0.2) is 16.2 Å². The highest BCUT2D eigenvalue weighted by molar-refractivity contribution is 7.98. The first-order valence-corrected chi connectivity index (χ1v) is 11.7. The minimum absolute atomic E-state index is 0.685. The van der Waals surface area contributed by atoms with Gasteiger partial charge in [0.15, 0.2) is 5.16 Å². The second kappa shape index (κ2) is 8.54. The average Bonchev–Trinajstić information content (AvgIpc) is 3.52. The molecule has 0 amide bonds. The van der Waals surface area contributed by atoms with Crippen LogP contribution < -0.4 is 4.74 Å². The Kier molecular flexibility index (Phi) is 5.64. The second-order valence-corrected chi connectivity index (χ2v) is 9.34. The summed E-state index contributed by atoms with van der Waals surface area (Å²) in [5.41, 5.74) is 4.17. The van der Waals surface area contributed by atoms with Gasteiger partial charge < -0.3 is 4.74 Å². The van der Waals surface area contributed by atoms with Crippen LogP contribution in [0.5, 0.6) is 5.75 Å². The minimum atomic E-state index is 0.685. The van der Waals surface area contributed by atoms with Crippen molar-refractivity contribution in [1.82, 2.24) is 9.55 Å². The van der Waals surface area contributed by atoms with E-state index in [1.54, 1.807) is 11.8 Å². The Hall–Kier alpha value is -2.14. The highest BCUT2D eigenvalue weighted by Gasteiger charge is 2.22. The van der Waals surface area contributed by atoms with E-state index in [-0.39, 0.29) is 0 Å². The molecule has 3 aromatic carbocycles. The van der Waals surface area contributed by atoms with Crippen LogP contribution >= 0.6 is 35.0 Å². The van der Waals surface area contributed by atoms with Gasteiger partial charge in [0.2, 0.25) is 0 Å². The molecule has 6 heteroatoms. The predicted octanol–water partition coefficient (Wildman–Crippen LogP) is 7.41. The zero-order chi connectivity index (χ0) is 20.5. The molecule has 1 fully saturated rings. The summed E-state index contributed by atoms with van der Waals surface area (Å²) in [4.78, 5) is 4.86. The van der Waals surface area contributed by atoms with Crippen molar-refractivity contribution < 1.29 is 4.74 Å². The van der Waals surface area contributed by atoms with Crippen molar-refractivity contribution in [2.75, 3.05) is 6.61 Å². The average molecular weight is 455 g/mol. The molecule has 1 aliphatic rings. The number of aromatic nitrogens is 2. The molecule has 3 nitrogen and oxygen atoms in total. The summed E-state index contributed by atoms with van der Waals surface area (Å²) >= 11 is 13.9. The quantitative estimate of drug-likeness (QED) is 0.272. The van der Waals surface area contributed by atoms with E-state index in [1.807, 2.05) is 54.6 Å². The summed E-state index contributed by atoms with van der Waals surface area (Å²) < 4.78 is 8.07. The standard InChI is InChI=1S/C24H20Cl2N2OS/c25-18-5-3-17(4-6-18)15-30-24-27-22-13-19(26)7-12-23(22)28(24)20-8-10-21(11-9-20)29-14-16-1-2-16/h3-13,16H,1-2,14-15H2. The number of hydrogen-bond donors (Lipinski definition) is 0. The molecule has 152 valence electrons. The van der Waals surface area contributed by atoms with Gasteiger partial charge in [-0.15, -0.1) is 0 Å². The Labute approximate surface area is 190 Å². The van der Waals surface area contributed by atoms with Crippen molar-refractivity contribution in [2.24, 2.45) is 5.92 Å². The van der Waals surface area contributed by atoms with Crippen LogP contribution in [0.1, 0.15) is 18.4 Å². The lowest BCUT2D eigenvalue weighted by atomic mass is 10.2. The van der Waals surface area contributed by atoms with Crippen molar-refractivity contribution in [3.05, 3.63) is 82.3 Å². The van der Waals surface area contributed by atoms with E-state index in [4.69, 9.17) is 32.9 Å². The number of hydrogen-bond acceptors (Lipinski definition) is 3. The Bertz CT molecular complexity index is 1170. The molecule has 1 heterocycles. The van der Waals surface area contributed by atoms with E-state index < -0.39 is 0 Å².